The van der Waals surface area contributed by atoms with Gasteiger partial charge in [-0.05, 0) is 36.6 Å². The van der Waals surface area contributed by atoms with Crippen molar-refractivity contribution in [3.05, 3.63) is 34.6 Å². The van der Waals surface area contributed by atoms with Gasteiger partial charge in [-0.1, -0.05) is 24.6 Å². The number of piperidine rings is 1. The standard InChI is InChI=1S/C13H16Cl2FN/c1-9-7-17(5-4-11(9)14)8-10-2-3-12(15)13(16)6-10/h2-3,6,9,11H,4-5,7-8H2,1H3. The van der Waals surface area contributed by atoms with Gasteiger partial charge in [0.2, 0.25) is 0 Å². The van der Waals surface area contributed by atoms with Crippen LogP contribution in [0, 0.1) is 11.7 Å². The first-order valence-corrected chi connectivity index (χ1v) is 6.68. The third kappa shape index (κ3) is 3.34. The van der Waals surface area contributed by atoms with Crippen LogP contribution in [-0.4, -0.2) is 23.4 Å². The van der Waals surface area contributed by atoms with Crippen molar-refractivity contribution in [3.8, 4) is 0 Å². The zero-order chi connectivity index (χ0) is 12.4. The molecule has 1 nitrogen and oxygen atoms in total. The molecule has 1 heterocycles. The lowest BCUT2D eigenvalue weighted by atomic mass is 9.99. The zero-order valence-corrected chi connectivity index (χ0v) is 11.3. The highest BCUT2D eigenvalue weighted by Crippen LogP contribution is 2.24. The molecule has 0 N–H and O–H groups in total. The predicted molar refractivity (Wildman–Crippen MR) is 70.1 cm³/mol. The van der Waals surface area contributed by atoms with Crippen LogP contribution in [-0.2, 0) is 6.54 Å². The predicted octanol–water partition coefficient (Wildman–Crippen LogP) is 3.93. The van der Waals surface area contributed by atoms with Crippen LogP contribution in [0.5, 0.6) is 0 Å². The van der Waals surface area contributed by atoms with Crippen LogP contribution in [0.3, 0.4) is 0 Å². The lowest BCUT2D eigenvalue weighted by Gasteiger charge is -2.34. The van der Waals surface area contributed by atoms with Gasteiger partial charge in [0.1, 0.15) is 5.82 Å². The molecule has 4 heteroatoms. The maximum atomic E-state index is 13.3. The minimum atomic E-state index is -0.343. The first kappa shape index (κ1) is 13.1. The third-order valence-electron chi connectivity index (χ3n) is 3.27. The molecule has 0 aliphatic carbocycles. The van der Waals surface area contributed by atoms with E-state index in [0.29, 0.717) is 5.92 Å². The molecule has 1 saturated heterocycles. The molecule has 2 rings (SSSR count). The smallest absolute Gasteiger partial charge is 0.142 e. The molecule has 0 bridgehead atoms. The molecular weight excluding hydrogens is 260 g/mol. The molecule has 2 atom stereocenters. The third-order valence-corrected chi connectivity index (χ3v) is 4.23. The summed E-state index contributed by atoms with van der Waals surface area (Å²) in [6.45, 7) is 4.87. The number of nitrogens with zero attached hydrogens (tertiary/aromatic N) is 1. The Morgan fingerprint density at radius 1 is 1.47 bits per heavy atom. The van der Waals surface area contributed by atoms with Gasteiger partial charge in [-0.3, -0.25) is 4.90 Å². The van der Waals surface area contributed by atoms with Crippen molar-refractivity contribution in [1.29, 1.82) is 0 Å². The number of likely N-dealkylation sites (tertiary alicyclic amines) is 1. The van der Waals surface area contributed by atoms with Crippen molar-refractivity contribution in [2.24, 2.45) is 5.92 Å². The van der Waals surface area contributed by atoms with Crippen LogP contribution in [0.1, 0.15) is 18.9 Å². The van der Waals surface area contributed by atoms with Gasteiger partial charge in [0.15, 0.2) is 0 Å². The molecule has 1 fully saturated rings. The summed E-state index contributed by atoms with van der Waals surface area (Å²) in [5, 5.41) is 0.454. The van der Waals surface area contributed by atoms with Crippen LogP contribution >= 0.6 is 23.2 Å². The Kier molecular flexibility index (Phi) is 4.29. The van der Waals surface area contributed by atoms with Crippen molar-refractivity contribution >= 4 is 23.2 Å². The average Bonchev–Trinajstić information content (AvgIpc) is 2.29. The quantitative estimate of drug-likeness (QED) is 0.740. The maximum absolute atomic E-state index is 13.3. The highest BCUT2D eigenvalue weighted by molar-refractivity contribution is 6.30. The Bertz CT molecular complexity index is 397. The average molecular weight is 276 g/mol. The van der Waals surface area contributed by atoms with Gasteiger partial charge in [0.05, 0.1) is 5.02 Å². The fourth-order valence-electron chi connectivity index (χ4n) is 2.24. The lowest BCUT2D eigenvalue weighted by molar-refractivity contribution is 0.180. The molecule has 0 radical (unpaired) electrons. The van der Waals surface area contributed by atoms with Gasteiger partial charge in [-0.15, -0.1) is 11.6 Å². The molecule has 17 heavy (non-hydrogen) atoms. The summed E-state index contributed by atoms with van der Waals surface area (Å²) in [6, 6.07) is 5.01. The van der Waals surface area contributed by atoms with Crippen molar-refractivity contribution in [1.82, 2.24) is 4.90 Å². The summed E-state index contributed by atoms with van der Waals surface area (Å²) in [5.41, 5.74) is 0.965. The van der Waals surface area contributed by atoms with E-state index in [2.05, 4.69) is 11.8 Å². The molecule has 1 aliphatic heterocycles. The molecular formula is C13H16Cl2FN. The highest BCUT2D eigenvalue weighted by atomic mass is 35.5. The van der Waals surface area contributed by atoms with Crippen LogP contribution in [0.25, 0.3) is 0 Å². The monoisotopic (exact) mass is 275 g/mol. The summed E-state index contributed by atoms with van der Waals surface area (Å²) < 4.78 is 13.3. The second-order valence-electron chi connectivity index (χ2n) is 4.77. The van der Waals surface area contributed by atoms with Crippen LogP contribution in [0.15, 0.2) is 18.2 Å². The SMILES string of the molecule is CC1CN(Cc2ccc(Cl)c(F)c2)CCC1Cl. The van der Waals surface area contributed by atoms with Gasteiger partial charge in [-0.25, -0.2) is 4.39 Å². The van der Waals surface area contributed by atoms with E-state index < -0.39 is 0 Å². The Morgan fingerprint density at radius 3 is 2.88 bits per heavy atom. The molecule has 94 valence electrons. The van der Waals surface area contributed by atoms with E-state index in [1.165, 1.54) is 6.07 Å². The van der Waals surface area contributed by atoms with Crippen LogP contribution in [0.4, 0.5) is 4.39 Å². The van der Waals surface area contributed by atoms with Gasteiger partial charge in [0.25, 0.3) is 0 Å². The van der Waals surface area contributed by atoms with E-state index in [0.717, 1.165) is 31.6 Å². The first-order chi connectivity index (χ1) is 8.06. The summed E-state index contributed by atoms with van der Waals surface area (Å²) in [7, 11) is 0. The summed E-state index contributed by atoms with van der Waals surface area (Å²) in [5.74, 6) is 0.145. The first-order valence-electron chi connectivity index (χ1n) is 5.86. The van der Waals surface area contributed by atoms with E-state index in [1.54, 1.807) is 6.07 Å². The Hall–Kier alpha value is -0.310. The lowest BCUT2D eigenvalue weighted by Crippen LogP contribution is -2.39. The van der Waals surface area contributed by atoms with E-state index in [4.69, 9.17) is 23.2 Å². The highest BCUT2D eigenvalue weighted by Gasteiger charge is 2.24. The van der Waals surface area contributed by atoms with Gasteiger partial charge in [0, 0.05) is 18.5 Å². The zero-order valence-electron chi connectivity index (χ0n) is 9.80. The minimum Gasteiger partial charge on any atom is -0.299 e. The van der Waals surface area contributed by atoms with E-state index in [9.17, 15) is 4.39 Å². The van der Waals surface area contributed by atoms with E-state index >= 15 is 0 Å². The Balaban J connectivity index is 1.99. The molecule has 1 aromatic rings. The largest absolute Gasteiger partial charge is 0.299 e. The Labute approximate surface area is 112 Å². The van der Waals surface area contributed by atoms with E-state index in [1.807, 2.05) is 6.07 Å². The number of hydrogen-bond acceptors (Lipinski definition) is 1. The maximum Gasteiger partial charge on any atom is 0.142 e. The van der Waals surface area contributed by atoms with Crippen LogP contribution in [0.2, 0.25) is 5.02 Å². The van der Waals surface area contributed by atoms with Gasteiger partial charge < -0.3 is 0 Å². The number of benzene rings is 1. The summed E-state index contributed by atoms with van der Waals surface area (Å²) in [4.78, 5) is 2.31. The van der Waals surface area contributed by atoms with E-state index in [-0.39, 0.29) is 16.2 Å². The normalized spacial score (nSPS) is 26.1. The number of hydrogen-bond donors (Lipinski definition) is 0. The van der Waals surface area contributed by atoms with Crippen molar-refractivity contribution < 1.29 is 4.39 Å². The molecule has 0 amide bonds. The Morgan fingerprint density at radius 2 is 2.24 bits per heavy atom. The van der Waals surface area contributed by atoms with Crippen molar-refractivity contribution in [2.75, 3.05) is 13.1 Å². The second kappa shape index (κ2) is 5.55. The second-order valence-corrected chi connectivity index (χ2v) is 5.73. The summed E-state index contributed by atoms with van der Waals surface area (Å²) in [6.07, 6.45) is 0.999. The van der Waals surface area contributed by atoms with Gasteiger partial charge in [-0.2, -0.15) is 0 Å². The van der Waals surface area contributed by atoms with Crippen molar-refractivity contribution in [2.45, 2.75) is 25.3 Å². The fourth-order valence-corrected chi connectivity index (χ4v) is 2.54. The number of rotatable bonds is 2. The molecule has 1 aliphatic rings. The molecule has 0 spiro atoms. The number of alkyl halides is 1. The fraction of sp³-hybridized carbons (Fsp3) is 0.538. The molecule has 2 unspecified atom stereocenters. The number of halogens is 3. The molecule has 0 saturated carbocycles. The van der Waals surface area contributed by atoms with Crippen LogP contribution < -0.4 is 0 Å². The molecule has 0 aromatic heterocycles. The topological polar surface area (TPSA) is 3.24 Å². The van der Waals surface area contributed by atoms with Crippen molar-refractivity contribution in [3.63, 3.8) is 0 Å². The summed E-state index contributed by atoms with van der Waals surface area (Å²) >= 11 is 11.8. The molecule has 1 aromatic carbocycles. The minimum absolute atomic E-state index is 0.182. The van der Waals surface area contributed by atoms with Gasteiger partial charge >= 0.3 is 0 Å².